The number of nitrogens with zero attached hydrogens (tertiary/aromatic N) is 5. The lowest BCUT2D eigenvalue weighted by Gasteiger charge is -2.34. The van der Waals surface area contributed by atoms with Crippen LogP contribution in [0.3, 0.4) is 0 Å². The molecule has 9 nitrogen and oxygen atoms in total. The fourth-order valence-electron chi connectivity index (χ4n) is 3.44. The highest BCUT2D eigenvalue weighted by molar-refractivity contribution is 5.93. The van der Waals surface area contributed by atoms with Crippen LogP contribution < -0.4 is 10.6 Å². The van der Waals surface area contributed by atoms with Gasteiger partial charge in [0.2, 0.25) is 5.91 Å². The Kier molecular flexibility index (Phi) is 6.00. The number of piperazine rings is 1. The van der Waals surface area contributed by atoms with E-state index in [1.807, 2.05) is 11.6 Å². The normalized spacial score (nSPS) is 21.0. The van der Waals surface area contributed by atoms with E-state index in [-0.39, 0.29) is 17.9 Å². The molecule has 3 rings (SSSR count). The smallest absolute Gasteiger partial charge is 0.276 e. The van der Waals surface area contributed by atoms with Crippen molar-refractivity contribution in [3.8, 4) is 0 Å². The van der Waals surface area contributed by atoms with Gasteiger partial charge in [-0.3, -0.25) is 14.5 Å². The molecule has 2 fully saturated rings. The van der Waals surface area contributed by atoms with Gasteiger partial charge in [0.1, 0.15) is 0 Å². The zero-order valence-corrected chi connectivity index (χ0v) is 15.3. The molecule has 1 atom stereocenters. The molecule has 1 aromatic heterocycles. The molecule has 142 valence electrons. The minimum atomic E-state index is -0.0736. The van der Waals surface area contributed by atoms with Crippen LogP contribution in [0, 0.1) is 6.92 Å². The van der Waals surface area contributed by atoms with E-state index in [1.165, 1.54) is 0 Å². The molecule has 0 aliphatic carbocycles. The van der Waals surface area contributed by atoms with Crippen molar-refractivity contribution in [2.75, 3.05) is 52.4 Å². The first-order valence-corrected chi connectivity index (χ1v) is 9.12. The minimum Gasteiger partial charge on any atom is -0.352 e. The first kappa shape index (κ1) is 18.5. The maximum Gasteiger partial charge on any atom is 0.276 e. The van der Waals surface area contributed by atoms with Crippen LogP contribution in [0.1, 0.15) is 28.6 Å². The summed E-state index contributed by atoms with van der Waals surface area (Å²) in [5, 5.41) is 14.4. The van der Waals surface area contributed by atoms with Crippen LogP contribution in [-0.4, -0.2) is 89.0 Å². The zero-order chi connectivity index (χ0) is 18.5. The van der Waals surface area contributed by atoms with E-state index in [2.05, 4.69) is 32.4 Å². The Bertz CT molecular complexity index is 658. The third-order valence-corrected chi connectivity index (χ3v) is 4.98. The van der Waals surface area contributed by atoms with Gasteiger partial charge in [-0.15, -0.1) is 11.7 Å². The van der Waals surface area contributed by atoms with E-state index in [9.17, 15) is 9.59 Å². The molecule has 1 aromatic rings. The maximum atomic E-state index is 12.8. The van der Waals surface area contributed by atoms with E-state index in [4.69, 9.17) is 0 Å². The Balaban J connectivity index is 1.54. The summed E-state index contributed by atoms with van der Waals surface area (Å²) in [7, 11) is 0. The van der Waals surface area contributed by atoms with Crippen molar-refractivity contribution in [2.45, 2.75) is 19.4 Å². The number of carbonyl (C=O) groups is 2. The van der Waals surface area contributed by atoms with Crippen LogP contribution in [0.4, 0.5) is 0 Å². The number of hydrogen-bond donors (Lipinski definition) is 2. The van der Waals surface area contributed by atoms with E-state index in [1.54, 1.807) is 11.0 Å². The summed E-state index contributed by atoms with van der Waals surface area (Å²) in [6.45, 7) is 10.7. The van der Waals surface area contributed by atoms with Gasteiger partial charge in [0.25, 0.3) is 5.91 Å². The number of carbonyl (C=O) groups excluding carboxylic acids is 2. The van der Waals surface area contributed by atoms with Gasteiger partial charge in [-0.2, -0.15) is 0 Å². The summed E-state index contributed by atoms with van der Waals surface area (Å²) in [4.78, 5) is 28.4. The monoisotopic (exact) mass is 361 g/mol. The van der Waals surface area contributed by atoms with Gasteiger partial charge in [0, 0.05) is 39.3 Å². The van der Waals surface area contributed by atoms with Gasteiger partial charge in [-0.05, 0) is 19.9 Å². The van der Waals surface area contributed by atoms with Crippen LogP contribution >= 0.6 is 0 Å². The van der Waals surface area contributed by atoms with E-state index in [0.29, 0.717) is 45.0 Å². The Labute approximate surface area is 153 Å². The lowest BCUT2D eigenvalue weighted by molar-refractivity contribution is -0.122. The predicted molar refractivity (Wildman–Crippen MR) is 96.8 cm³/mol. The average Bonchev–Trinajstić information content (AvgIpc) is 3.29. The minimum absolute atomic E-state index is 0.0198. The molecular weight excluding hydrogens is 334 g/mol. The molecule has 26 heavy (non-hydrogen) atoms. The third kappa shape index (κ3) is 4.10. The fourth-order valence-corrected chi connectivity index (χ4v) is 3.44. The van der Waals surface area contributed by atoms with Gasteiger partial charge in [-0.1, -0.05) is 11.3 Å². The van der Waals surface area contributed by atoms with Gasteiger partial charge in [-0.25, -0.2) is 4.68 Å². The van der Waals surface area contributed by atoms with Crippen molar-refractivity contribution in [1.29, 1.82) is 0 Å². The molecule has 0 spiro atoms. The zero-order valence-electron chi connectivity index (χ0n) is 15.3. The van der Waals surface area contributed by atoms with Crippen LogP contribution in [0.25, 0.3) is 0 Å². The molecule has 0 saturated carbocycles. The molecule has 2 amide bonds. The first-order valence-electron chi connectivity index (χ1n) is 9.12. The lowest BCUT2D eigenvalue weighted by Crippen LogP contribution is -2.51. The van der Waals surface area contributed by atoms with Crippen molar-refractivity contribution >= 4 is 11.8 Å². The van der Waals surface area contributed by atoms with Crippen molar-refractivity contribution in [3.63, 3.8) is 0 Å². The predicted octanol–water partition coefficient (Wildman–Crippen LogP) is -0.819. The highest BCUT2D eigenvalue weighted by Gasteiger charge is 2.28. The van der Waals surface area contributed by atoms with Crippen molar-refractivity contribution in [1.82, 2.24) is 35.4 Å². The fraction of sp³-hybridized carbons (Fsp3) is 0.647. The topological polar surface area (TPSA) is 95.4 Å². The first-order chi connectivity index (χ1) is 12.6. The summed E-state index contributed by atoms with van der Waals surface area (Å²) < 4.78 is 1.87. The Morgan fingerprint density at radius 1 is 1.35 bits per heavy atom. The largest absolute Gasteiger partial charge is 0.352 e. The molecule has 0 bridgehead atoms. The van der Waals surface area contributed by atoms with Gasteiger partial charge in [0.05, 0.1) is 18.3 Å². The molecule has 3 heterocycles. The van der Waals surface area contributed by atoms with Crippen LogP contribution in [0.2, 0.25) is 0 Å². The van der Waals surface area contributed by atoms with E-state index in [0.717, 1.165) is 25.2 Å². The third-order valence-electron chi connectivity index (χ3n) is 4.98. The summed E-state index contributed by atoms with van der Waals surface area (Å²) in [6, 6.07) is 0.273. The molecule has 0 radical (unpaired) electrons. The quantitative estimate of drug-likeness (QED) is 0.643. The Morgan fingerprint density at radius 3 is 2.77 bits per heavy atom. The van der Waals surface area contributed by atoms with Crippen LogP contribution in [0.5, 0.6) is 0 Å². The molecule has 2 aliphatic rings. The summed E-state index contributed by atoms with van der Waals surface area (Å²) in [5.41, 5.74) is 1.27. The molecule has 9 heteroatoms. The highest BCUT2D eigenvalue weighted by Crippen LogP contribution is 2.18. The van der Waals surface area contributed by atoms with Gasteiger partial charge in [0.15, 0.2) is 5.69 Å². The van der Waals surface area contributed by atoms with Crippen LogP contribution in [-0.2, 0) is 4.79 Å². The SMILES string of the molecule is C=CCNC(=O)CN1CCN(C(=O)c2nnn(C3CCNC3)c2C)CC1. The summed E-state index contributed by atoms with van der Waals surface area (Å²) in [6.07, 6.45) is 2.66. The molecule has 2 saturated heterocycles. The second kappa shape index (κ2) is 8.41. The number of nitrogens with one attached hydrogen (secondary N) is 2. The van der Waals surface area contributed by atoms with Crippen molar-refractivity contribution in [3.05, 3.63) is 24.0 Å². The summed E-state index contributed by atoms with van der Waals surface area (Å²) in [5.74, 6) is -0.0934. The summed E-state index contributed by atoms with van der Waals surface area (Å²) >= 11 is 0. The molecule has 2 N–H and O–H groups in total. The van der Waals surface area contributed by atoms with Crippen molar-refractivity contribution in [2.24, 2.45) is 0 Å². The Morgan fingerprint density at radius 2 is 2.12 bits per heavy atom. The van der Waals surface area contributed by atoms with E-state index >= 15 is 0 Å². The average molecular weight is 361 g/mol. The van der Waals surface area contributed by atoms with Crippen LogP contribution in [0.15, 0.2) is 12.7 Å². The second-order valence-corrected chi connectivity index (χ2v) is 6.78. The molecule has 0 aromatic carbocycles. The molecule has 2 aliphatic heterocycles. The van der Waals surface area contributed by atoms with Gasteiger partial charge >= 0.3 is 0 Å². The number of aromatic nitrogens is 3. The van der Waals surface area contributed by atoms with E-state index < -0.39 is 0 Å². The second-order valence-electron chi connectivity index (χ2n) is 6.78. The van der Waals surface area contributed by atoms with Crippen molar-refractivity contribution < 1.29 is 9.59 Å². The maximum absolute atomic E-state index is 12.8. The number of rotatable bonds is 6. The number of amides is 2. The molecule has 1 unspecified atom stereocenters. The molecular formula is C17H27N7O2. The Hall–Kier alpha value is -2.26. The van der Waals surface area contributed by atoms with Gasteiger partial charge < -0.3 is 15.5 Å². The lowest BCUT2D eigenvalue weighted by atomic mass is 10.2. The number of hydrogen-bond acceptors (Lipinski definition) is 6. The standard InChI is InChI=1S/C17H27N7O2/c1-3-5-19-15(25)12-22-7-9-23(10-8-22)17(26)16-13(2)24(21-20-16)14-4-6-18-11-14/h3,14,18H,1,4-12H2,2H3,(H,19,25). The highest BCUT2D eigenvalue weighted by atomic mass is 16.2.